The second kappa shape index (κ2) is 3.16. The molecule has 2 atom stereocenters. The molecule has 1 rings (SSSR count). The number of rotatable bonds is 0. The molecule has 0 saturated carbocycles. The zero-order valence-corrected chi connectivity index (χ0v) is 6.47. The van der Waals surface area contributed by atoms with E-state index in [0.29, 0.717) is 13.2 Å². The van der Waals surface area contributed by atoms with Crippen molar-refractivity contribution < 1.29 is 4.74 Å². The van der Waals surface area contributed by atoms with Crippen LogP contribution in [-0.4, -0.2) is 22.6 Å². The van der Waals surface area contributed by atoms with E-state index >= 15 is 0 Å². The molecule has 1 saturated heterocycles. The minimum Gasteiger partial charge on any atom is -0.377 e. The highest BCUT2D eigenvalue weighted by atomic mass is 35.5. The average Bonchev–Trinajstić information content (AvgIpc) is 1.64. The lowest BCUT2D eigenvalue weighted by Gasteiger charge is -2.19. The number of hydrogen-bond donors (Lipinski definition) is 0. The van der Waals surface area contributed by atoms with Gasteiger partial charge in [0.05, 0.1) is 13.2 Å². The van der Waals surface area contributed by atoms with Crippen LogP contribution in [0.15, 0.2) is 0 Å². The van der Waals surface area contributed by atoms with Gasteiger partial charge in [-0.2, -0.15) is 0 Å². The van der Waals surface area contributed by atoms with Crippen LogP contribution in [-0.2, 0) is 4.74 Å². The van der Waals surface area contributed by atoms with Gasteiger partial charge in [0.2, 0.25) is 0 Å². The summed E-state index contributed by atoms with van der Waals surface area (Å²) < 4.78 is 5.10. The molecule has 1 heterocycles. The van der Waals surface area contributed by atoms with Gasteiger partial charge < -0.3 is 4.74 Å². The third-order valence-corrected chi connectivity index (χ3v) is 2.53. The molecule has 0 aliphatic carbocycles. The number of ether oxygens (including phenoxy) is 1. The van der Waals surface area contributed by atoms with Gasteiger partial charge in [0.15, 0.2) is 0 Å². The van der Waals surface area contributed by atoms with Crippen molar-refractivity contribution in [2.45, 2.75) is 9.42 Å². The van der Waals surface area contributed by atoms with Crippen LogP contribution in [0.25, 0.3) is 0 Å². The Morgan fingerprint density at radius 1 is 1.25 bits per heavy atom. The average molecular weight is 173 g/mol. The van der Waals surface area contributed by atoms with Crippen LogP contribution < -0.4 is 0 Å². The molecule has 0 aromatic heterocycles. The van der Waals surface area contributed by atoms with Crippen molar-refractivity contribution in [3.05, 3.63) is 0 Å². The minimum atomic E-state index is 0.0475. The molecule has 48 valence electrons. The maximum Gasteiger partial charge on any atom is 0.104 e. The van der Waals surface area contributed by atoms with E-state index in [4.69, 9.17) is 27.9 Å². The Balaban J connectivity index is 2.23. The van der Waals surface area contributed by atoms with E-state index in [1.54, 1.807) is 11.8 Å². The lowest BCUT2D eigenvalue weighted by Crippen LogP contribution is -2.20. The van der Waals surface area contributed by atoms with Crippen LogP contribution in [0.4, 0.5) is 0 Å². The summed E-state index contributed by atoms with van der Waals surface area (Å²) in [6.07, 6.45) is 0. The van der Waals surface area contributed by atoms with Crippen molar-refractivity contribution in [1.29, 1.82) is 0 Å². The summed E-state index contributed by atoms with van der Waals surface area (Å²) in [6.45, 7) is 1.24. The quantitative estimate of drug-likeness (QED) is 0.517. The first-order valence-corrected chi connectivity index (χ1v) is 4.12. The molecule has 4 heteroatoms. The van der Waals surface area contributed by atoms with E-state index in [1.165, 1.54) is 0 Å². The highest BCUT2D eigenvalue weighted by Crippen LogP contribution is 2.28. The van der Waals surface area contributed by atoms with Crippen LogP contribution >= 0.6 is 35.0 Å². The molecule has 8 heavy (non-hydrogen) atoms. The highest BCUT2D eigenvalue weighted by molar-refractivity contribution is 8.02. The standard InChI is InChI=1S/C4H6Cl2OS/c5-3-1-7-2-4(6)8-3/h3-4H,1-2H2/t3-,4+. The Bertz CT molecular complexity index is 72.4. The molecular weight excluding hydrogens is 167 g/mol. The van der Waals surface area contributed by atoms with Gasteiger partial charge in [-0.25, -0.2) is 0 Å². The van der Waals surface area contributed by atoms with E-state index in [2.05, 4.69) is 0 Å². The molecule has 1 aliphatic rings. The zero-order valence-electron chi connectivity index (χ0n) is 4.14. The third-order valence-electron chi connectivity index (χ3n) is 0.793. The predicted molar refractivity (Wildman–Crippen MR) is 37.7 cm³/mol. The van der Waals surface area contributed by atoms with Crippen LogP contribution in [0.3, 0.4) is 0 Å². The summed E-state index contributed by atoms with van der Waals surface area (Å²) in [6, 6.07) is 0. The van der Waals surface area contributed by atoms with Crippen molar-refractivity contribution >= 4 is 35.0 Å². The first-order valence-electron chi connectivity index (χ1n) is 2.30. The minimum absolute atomic E-state index is 0.0475. The molecule has 1 nitrogen and oxygen atoms in total. The van der Waals surface area contributed by atoms with Gasteiger partial charge in [0, 0.05) is 0 Å². The van der Waals surface area contributed by atoms with Crippen LogP contribution in [0.1, 0.15) is 0 Å². The largest absolute Gasteiger partial charge is 0.377 e. The van der Waals surface area contributed by atoms with E-state index in [9.17, 15) is 0 Å². The van der Waals surface area contributed by atoms with Crippen molar-refractivity contribution in [3.8, 4) is 0 Å². The number of halogens is 2. The summed E-state index contributed by atoms with van der Waals surface area (Å²) in [5, 5.41) is 0. The smallest absolute Gasteiger partial charge is 0.104 e. The summed E-state index contributed by atoms with van der Waals surface area (Å²) in [4.78, 5) is 0. The van der Waals surface area contributed by atoms with Crippen molar-refractivity contribution in [1.82, 2.24) is 0 Å². The molecule has 0 radical (unpaired) electrons. The van der Waals surface area contributed by atoms with Crippen LogP contribution in [0, 0.1) is 0 Å². The summed E-state index contributed by atoms with van der Waals surface area (Å²) >= 11 is 12.9. The van der Waals surface area contributed by atoms with Crippen LogP contribution in [0.2, 0.25) is 0 Å². The topological polar surface area (TPSA) is 9.23 Å². The molecule has 0 aromatic rings. The Hall–Kier alpha value is 0.890. The molecule has 0 spiro atoms. The molecule has 0 N–H and O–H groups in total. The molecule has 0 aromatic carbocycles. The lowest BCUT2D eigenvalue weighted by molar-refractivity contribution is 0.149. The molecule has 0 amide bonds. The highest BCUT2D eigenvalue weighted by Gasteiger charge is 2.18. The van der Waals surface area contributed by atoms with Gasteiger partial charge in [0.25, 0.3) is 0 Å². The first-order chi connectivity index (χ1) is 3.79. The van der Waals surface area contributed by atoms with E-state index in [0.717, 1.165) is 0 Å². The molecule has 1 aliphatic heterocycles. The van der Waals surface area contributed by atoms with Gasteiger partial charge in [0.1, 0.15) is 9.42 Å². The van der Waals surface area contributed by atoms with E-state index in [1.807, 2.05) is 0 Å². The van der Waals surface area contributed by atoms with Gasteiger partial charge >= 0.3 is 0 Å². The summed E-state index contributed by atoms with van der Waals surface area (Å²) in [5.41, 5.74) is 0. The Labute approximate surface area is 62.7 Å². The SMILES string of the molecule is Cl[C@@H]1COC[C@H](Cl)S1. The fourth-order valence-electron chi connectivity index (χ4n) is 0.492. The predicted octanol–water partition coefficient (Wildman–Crippen LogP) is 1.88. The lowest BCUT2D eigenvalue weighted by atomic mass is 10.7. The van der Waals surface area contributed by atoms with Crippen molar-refractivity contribution in [2.75, 3.05) is 13.2 Å². The number of hydrogen-bond acceptors (Lipinski definition) is 2. The third kappa shape index (κ3) is 2.02. The molecule has 1 fully saturated rings. The first kappa shape index (κ1) is 7.00. The maximum absolute atomic E-state index is 5.67. The monoisotopic (exact) mass is 172 g/mol. The maximum atomic E-state index is 5.67. The summed E-state index contributed by atoms with van der Waals surface area (Å²) in [7, 11) is 0. The van der Waals surface area contributed by atoms with Crippen molar-refractivity contribution in [2.24, 2.45) is 0 Å². The van der Waals surface area contributed by atoms with Gasteiger partial charge in [-0.1, -0.05) is 0 Å². The second-order valence-electron chi connectivity index (χ2n) is 1.49. The van der Waals surface area contributed by atoms with Gasteiger partial charge in [-0.05, 0) is 0 Å². The number of alkyl halides is 2. The fourth-order valence-corrected chi connectivity index (χ4v) is 2.24. The zero-order chi connectivity index (χ0) is 5.98. The number of thioether (sulfide) groups is 1. The Kier molecular flexibility index (Phi) is 2.76. The second-order valence-corrected chi connectivity index (χ2v) is 4.48. The van der Waals surface area contributed by atoms with E-state index < -0.39 is 0 Å². The molecule has 0 unspecified atom stereocenters. The van der Waals surface area contributed by atoms with Gasteiger partial charge in [-0.3, -0.25) is 0 Å². The van der Waals surface area contributed by atoms with E-state index in [-0.39, 0.29) is 9.42 Å². The van der Waals surface area contributed by atoms with Gasteiger partial charge in [-0.15, -0.1) is 35.0 Å². The van der Waals surface area contributed by atoms with Crippen LogP contribution in [0.5, 0.6) is 0 Å². The normalized spacial score (nSPS) is 39.8. The Morgan fingerprint density at radius 3 is 2.00 bits per heavy atom. The Morgan fingerprint density at radius 2 is 1.75 bits per heavy atom. The van der Waals surface area contributed by atoms with Crippen molar-refractivity contribution in [3.63, 3.8) is 0 Å². The summed E-state index contributed by atoms with van der Waals surface area (Å²) in [5.74, 6) is 0. The molecular formula is C4H6Cl2OS. The fraction of sp³-hybridized carbons (Fsp3) is 1.00. The molecule has 0 bridgehead atoms.